The molecule has 1 saturated heterocycles. The predicted molar refractivity (Wildman–Crippen MR) is 77.0 cm³/mol. The fourth-order valence-electron chi connectivity index (χ4n) is 2.91. The molecular weight excluding hydrogens is 304 g/mol. The highest BCUT2D eigenvalue weighted by molar-refractivity contribution is 6.24. The van der Waals surface area contributed by atoms with Crippen molar-refractivity contribution < 1.29 is 34.8 Å². The minimum Gasteiger partial charge on any atom is -0.394 e. The van der Waals surface area contributed by atoms with Gasteiger partial charge in [0.05, 0.1) is 6.61 Å². The van der Waals surface area contributed by atoms with E-state index in [9.17, 15) is 30.0 Å². The number of carbonyl (C=O) groups excluding carboxylic acids is 2. The van der Waals surface area contributed by atoms with E-state index in [2.05, 4.69) is 0 Å². The first-order chi connectivity index (χ1) is 11.0. The summed E-state index contributed by atoms with van der Waals surface area (Å²) in [7, 11) is 0. The van der Waals surface area contributed by atoms with E-state index < -0.39 is 48.7 Å². The summed E-state index contributed by atoms with van der Waals surface area (Å²) in [5.74, 6) is -0.906. The number of hydrogen-bond donors (Lipinski definition) is 4. The molecule has 0 bridgehead atoms. The zero-order valence-corrected chi connectivity index (χ0v) is 12.0. The van der Waals surface area contributed by atoms with Gasteiger partial charge in [0.1, 0.15) is 30.5 Å². The quantitative estimate of drug-likeness (QED) is 0.541. The first-order valence-electron chi connectivity index (χ1n) is 7.16. The van der Waals surface area contributed by atoms with Gasteiger partial charge in [-0.25, -0.2) is 0 Å². The minimum atomic E-state index is -1.60. The van der Waals surface area contributed by atoms with E-state index in [1.165, 1.54) is 12.1 Å². The van der Waals surface area contributed by atoms with Gasteiger partial charge < -0.3 is 25.2 Å². The highest BCUT2D eigenvalue weighted by Crippen LogP contribution is 2.31. The van der Waals surface area contributed by atoms with Crippen LogP contribution in [-0.2, 0) is 4.74 Å². The van der Waals surface area contributed by atoms with Crippen LogP contribution in [0.4, 0.5) is 0 Å². The number of ketones is 2. The molecule has 1 aliphatic heterocycles. The Hall–Kier alpha value is -1.90. The molecule has 1 heterocycles. The number of aliphatic hydroxyl groups is 4. The summed E-state index contributed by atoms with van der Waals surface area (Å²) in [6, 6.07) is 6.26. The second-order valence-corrected chi connectivity index (χ2v) is 5.59. The van der Waals surface area contributed by atoms with Crippen molar-refractivity contribution in [2.45, 2.75) is 30.5 Å². The van der Waals surface area contributed by atoms with E-state index in [0.29, 0.717) is 0 Å². The molecule has 2 aliphatic rings. The fourth-order valence-corrected chi connectivity index (χ4v) is 2.91. The first-order valence-corrected chi connectivity index (χ1v) is 7.16. The summed E-state index contributed by atoms with van der Waals surface area (Å²) >= 11 is 0. The maximum Gasteiger partial charge on any atom is 0.192 e. The van der Waals surface area contributed by atoms with E-state index in [4.69, 9.17) is 4.74 Å². The van der Waals surface area contributed by atoms with Crippen molar-refractivity contribution in [1.29, 1.82) is 0 Å². The molecule has 3 rings (SSSR count). The van der Waals surface area contributed by atoms with Crippen LogP contribution in [-0.4, -0.2) is 69.1 Å². The van der Waals surface area contributed by atoms with Crippen LogP contribution >= 0.6 is 0 Å². The van der Waals surface area contributed by atoms with Crippen molar-refractivity contribution in [2.24, 2.45) is 0 Å². The minimum absolute atomic E-state index is 0.106. The third-order valence-corrected chi connectivity index (χ3v) is 4.18. The van der Waals surface area contributed by atoms with Gasteiger partial charge in [-0.15, -0.1) is 0 Å². The fraction of sp³-hybridized carbons (Fsp3) is 0.375. The molecular formula is C16H16O7. The van der Waals surface area contributed by atoms with Gasteiger partial charge in [-0.3, -0.25) is 9.59 Å². The Bertz CT molecular complexity index is 679. The molecule has 1 aromatic rings. The van der Waals surface area contributed by atoms with Crippen molar-refractivity contribution in [1.82, 2.24) is 0 Å². The van der Waals surface area contributed by atoms with Gasteiger partial charge in [-0.05, 0) is 6.08 Å². The number of allylic oxidation sites excluding steroid dienone is 1. The third-order valence-electron chi connectivity index (χ3n) is 4.18. The molecule has 0 amide bonds. The predicted octanol–water partition coefficient (Wildman–Crippen LogP) is -1.17. The highest BCUT2D eigenvalue weighted by Gasteiger charge is 2.47. The Labute approximate surface area is 131 Å². The van der Waals surface area contributed by atoms with Crippen LogP contribution < -0.4 is 0 Å². The van der Waals surface area contributed by atoms with Crippen molar-refractivity contribution in [3.63, 3.8) is 0 Å². The molecule has 0 unspecified atom stereocenters. The molecule has 7 heteroatoms. The number of aliphatic hydroxyl groups excluding tert-OH is 4. The van der Waals surface area contributed by atoms with Crippen LogP contribution in [0.15, 0.2) is 35.9 Å². The molecule has 1 aliphatic carbocycles. The lowest BCUT2D eigenvalue weighted by atomic mass is 9.82. The Morgan fingerprint density at radius 3 is 2.26 bits per heavy atom. The standard InChI is InChI=1S/C16H16O7/c17-6-11-13(20)14(21)15(22)16(23-11)9-5-10(18)7-3-1-2-4-8(7)12(9)19/h1-5,11,13-17,20-22H,6H2/t11-,13+,14+,15-,16+/m1/s1. The third kappa shape index (κ3) is 2.52. The second kappa shape index (κ2) is 5.95. The molecule has 1 aromatic carbocycles. The normalized spacial score (nSPS) is 34.1. The van der Waals surface area contributed by atoms with E-state index in [1.54, 1.807) is 12.1 Å². The van der Waals surface area contributed by atoms with Crippen LogP contribution in [0.3, 0.4) is 0 Å². The number of benzene rings is 1. The van der Waals surface area contributed by atoms with E-state index in [1.807, 2.05) is 0 Å². The molecule has 7 nitrogen and oxygen atoms in total. The van der Waals surface area contributed by atoms with Gasteiger partial charge in [-0.2, -0.15) is 0 Å². The molecule has 0 radical (unpaired) electrons. The molecule has 0 aromatic heterocycles. The summed E-state index contributed by atoms with van der Waals surface area (Å²) in [6.45, 7) is -0.604. The molecule has 122 valence electrons. The van der Waals surface area contributed by atoms with E-state index in [-0.39, 0.29) is 16.7 Å². The summed E-state index contributed by atoms with van der Waals surface area (Å²) in [5.41, 5.74) is 0.336. The van der Waals surface area contributed by atoms with Crippen molar-refractivity contribution in [3.8, 4) is 0 Å². The molecule has 1 fully saturated rings. The van der Waals surface area contributed by atoms with Gasteiger partial charge in [0.15, 0.2) is 11.6 Å². The van der Waals surface area contributed by atoms with Crippen molar-refractivity contribution >= 4 is 11.6 Å². The highest BCUT2D eigenvalue weighted by atomic mass is 16.5. The number of fused-ring (bicyclic) bond motifs is 1. The van der Waals surface area contributed by atoms with Crippen LogP contribution in [0.2, 0.25) is 0 Å². The largest absolute Gasteiger partial charge is 0.394 e. The monoisotopic (exact) mass is 320 g/mol. The van der Waals surface area contributed by atoms with Crippen LogP contribution in [0, 0.1) is 0 Å². The van der Waals surface area contributed by atoms with Gasteiger partial charge in [0.2, 0.25) is 0 Å². The lowest BCUT2D eigenvalue weighted by Gasteiger charge is -2.41. The summed E-state index contributed by atoms with van der Waals surface area (Å²) in [5, 5.41) is 38.9. The molecule has 0 spiro atoms. The summed E-state index contributed by atoms with van der Waals surface area (Å²) < 4.78 is 5.35. The average molecular weight is 320 g/mol. The number of Topliss-reactive ketones (excluding diaryl/α,β-unsaturated/α-hetero) is 1. The number of carbonyl (C=O) groups is 2. The smallest absolute Gasteiger partial charge is 0.192 e. The number of ether oxygens (including phenoxy) is 1. The summed E-state index contributed by atoms with van der Waals surface area (Å²) in [4.78, 5) is 24.7. The van der Waals surface area contributed by atoms with Gasteiger partial charge in [0, 0.05) is 16.7 Å². The van der Waals surface area contributed by atoms with Gasteiger partial charge in [0.25, 0.3) is 0 Å². The molecule has 5 atom stereocenters. The zero-order valence-electron chi connectivity index (χ0n) is 12.0. The maximum absolute atomic E-state index is 12.6. The lowest BCUT2D eigenvalue weighted by molar-refractivity contribution is -0.218. The van der Waals surface area contributed by atoms with Crippen LogP contribution in [0.5, 0.6) is 0 Å². The Kier molecular flexibility index (Phi) is 4.13. The number of hydrogen-bond acceptors (Lipinski definition) is 7. The topological polar surface area (TPSA) is 124 Å². The Morgan fingerprint density at radius 2 is 1.61 bits per heavy atom. The zero-order chi connectivity index (χ0) is 16.7. The van der Waals surface area contributed by atoms with Gasteiger partial charge >= 0.3 is 0 Å². The summed E-state index contributed by atoms with van der Waals surface area (Å²) in [6.07, 6.45) is -6.10. The molecule has 0 saturated carbocycles. The average Bonchev–Trinajstić information content (AvgIpc) is 2.57. The van der Waals surface area contributed by atoms with Crippen molar-refractivity contribution in [2.75, 3.05) is 6.61 Å². The number of rotatable bonds is 2. The maximum atomic E-state index is 12.6. The van der Waals surface area contributed by atoms with E-state index >= 15 is 0 Å². The first kappa shape index (κ1) is 16.0. The Morgan fingerprint density at radius 1 is 0.957 bits per heavy atom. The second-order valence-electron chi connectivity index (χ2n) is 5.59. The van der Waals surface area contributed by atoms with Gasteiger partial charge in [-0.1, -0.05) is 24.3 Å². The Balaban J connectivity index is 1.98. The van der Waals surface area contributed by atoms with Crippen molar-refractivity contribution in [3.05, 3.63) is 47.0 Å². The van der Waals surface area contributed by atoms with Crippen LogP contribution in [0.1, 0.15) is 20.7 Å². The van der Waals surface area contributed by atoms with Crippen LogP contribution in [0.25, 0.3) is 0 Å². The lowest BCUT2D eigenvalue weighted by Crippen LogP contribution is -2.59. The van der Waals surface area contributed by atoms with E-state index in [0.717, 1.165) is 6.08 Å². The molecule has 4 N–H and O–H groups in total. The SMILES string of the molecule is O=C1C=C([C@@H]2O[C@H](CO)[C@H](O)[C@H](O)[C@H]2O)C(=O)c2ccccc21. The molecule has 23 heavy (non-hydrogen) atoms.